The Bertz CT molecular complexity index is 1170. The maximum Gasteiger partial charge on any atom is 0.343 e. The number of carbonyl (C=O) groups is 2. The fourth-order valence-corrected chi connectivity index (χ4v) is 5.35. The van der Waals surface area contributed by atoms with Crippen LogP contribution < -0.4 is 10.1 Å². The van der Waals surface area contributed by atoms with E-state index in [2.05, 4.69) is 17.4 Å². The first-order valence-corrected chi connectivity index (χ1v) is 11.2. The molecule has 1 atom stereocenters. The van der Waals surface area contributed by atoms with Crippen LogP contribution in [0.15, 0.2) is 95.0 Å². The molecule has 1 heterocycles. The lowest BCUT2D eigenvalue weighted by molar-refractivity contribution is -0.116. The molecule has 4 nitrogen and oxygen atoms in total. The van der Waals surface area contributed by atoms with Crippen molar-refractivity contribution in [2.45, 2.75) is 29.4 Å². The number of ether oxygens (including phenoxy) is 1. The minimum absolute atomic E-state index is 0.0992. The van der Waals surface area contributed by atoms with Crippen molar-refractivity contribution in [3.8, 4) is 5.75 Å². The van der Waals surface area contributed by atoms with Crippen LogP contribution in [-0.4, -0.2) is 11.8 Å². The smallest absolute Gasteiger partial charge is 0.343 e. The van der Waals surface area contributed by atoms with Gasteiger partial charge in [-0.15, -0.1) is 11.8 Å². The van der Waals surface area contributed by atoms with E-state index < -0.39 is 0 Å². The second kappa shape index (κ2) is 8.44. The van der Waals surface area contributed by atoms with Gasteiger partial charge in [0, 0.05) is 22.6 Å². The van der Waals surface area contributed by atoms with E-state index in [1.54, 1.807) is 48.2 Å². The Balaban J connectivity index is 1.45. The number of hydrogen-bond donors (Lipinski definition) is 1. The molecule has 0 fully saturated rings. The molecule has 0 spiro atoms. The Kier molecular flexibility index (Phi) is 5.35. The van der Waals surface area contributed by atoms with Gasteiger partial charge in [0.2, 0.25) is 0 Å². The number of carbonyl (C=O) groups excluding carboxylic acids is 2. The minimum atomic E-state index is -0.386. The number of rotatable bonds is 3. The van der Waals surface area contributed by atoms with Crippen LogP contribution in [0.2, 0.25) is 0 Å². The molecule has 1 aliphatic heterocycles. The molecular weight excluding hydrogens is 406 g/mol. The summed E-state index contributed by atoms with van der Waals surface area (Å²) in [5, 5.41) is 3.42. The number of para-hydroxylation sites is 1. The Labute approximate surface area is 185 Å². The number of thioether (sulfide) groups is 1. The number of fused-ring (bicyclic) bond motifs is 1. The molecule has 154 valence electrons. The number of benzene rings is 3. The van der Waals surface area contributed by atoms with Crippen molar-refractivity contribution in [3.63, 3.8) is 0 Å². The van der Waals surface area contributed by atoms with Gasteiger partial charge in [0.1, 0.15) is 5.75 Å². The van der Waals surface area contributed by atoms with Crippen molar-refractivity contribution in [2.24, 2.45) is 0 Å². The summed E-state index contributed by atoms with van der Waals surface area (Å²) in [6.07, 6.45) is 2.33. The fraction of sp³-hybridized carbons (Fsp3) is 0.154. The summed E-state index contributed by atoms with van der Waals surface area (Å²) in [5.74, 6) is 0.306. The van der Waals surface area contributed by atoms with Crippen molar-refractivity contribution in [1.82, 2.24) is 0 Å². The third kappa shape index (κ3) is 4.01. The highest BCUT2D eigenvalue weighted by molar-refractivity contribution is 8.00. The number of nitrogens with one attached hydrogen (secondary N) is 1. The maximum absolute atomic E-state index is 12.9. The molecule has 1 aliphatic carbocycles. The fourth-order valence-electron chi connectivity index (χ4n) is 4.00. The number of esters is 1. The van der Waals surface area contributed by atoms with Crippen molar-refractivity contribution in [2.75, 3.05) is 5.32 Å². The lowest BCUT2D eigenvalue weighted by Gasteiger charge is -2.24. The SMILES string of the molecule is O=C1CCCC2=C1[C@H](c1ccc(OC(=O)c3ccccc3)cc1)Sc1ccccc1N2. The summed E-state index contributed by atoms with van der Waals surface area (Å²) in [7, 11) is 0. The first-order valence-electron chi connectivity index (χ1n) is 10.4. The monoisotopic (exact) mass is 427 g/mol. The van der Waals surface area contributed by atoms with Gasteiger partial charge in [-0.3, -0.25) is 4.79 Å². The highest BCUT2D eigenvalue weighted by Crippen LogP contribution is 2.49. The second-order valence-electron chi connectivity index (χ2n) is 7.61. The summed E-state index contributed by atoms with van der Waals surface area (Å²) in [6, 6.07) is 24.6. The second-order valence-corrected chi connectivity index (χ2v) is 8.76. The predicted octanol–water partition coefficient (Wildman–Crippen LogP) is 6.17. The highest BCUT2D eigenvalue weighted by atomic mass is 32.2. The predicted molar refractivity (Wildman–Crippen MR) is 122 cm³/mol. The van der Waals surface area contributed by atoms with E-state index in [9.17, 15) is 9.59 Å². The molecule has 0 unspecified atom stereocenters. The lowest BCUT2D eigenvalue weighted by Crippen LogP contribution is -2.19. The molecule has 0 radical (unpaired) electrons. The molecule has 3 aromatic carbocycles. The number of allylic oxidation sites excluding steroid dienone is 1. The molecule has 1 N–H and O–H groups in total. The van der Waals surface area contributed by atoms with E-state index in [-0.39, 0.29) is 17.0 Å². The number of Topliss-reactive ketones (excluding diaryl/α,β-unsaturated/α-hetero) is 1. The normalized spacial score (nSPS) is 17.8. The molecule has 0 aromatic heterocycles. The van der Waals surface area contributed by atoms with Crippen LogP contribution in [0.4, 0.5) is 5.69 Å². The van der Waals surface area contributed by atoms with Crippen LogP contribution in [0.1, 0.15) is 40.4 Å². The molecule has 0 bridgehead atoms. The van der Waals surface area contributed by atoms with E-state index in [0.717, 1.165) is 40.3 Å². The summed E-state index contributed by atoms with van der Waals surface area (Å²) in [4.78, 5) is 26.4. The lowest BCUT2D eigenvalue weighted by atomic mass is 9.89. The van der Waals surface area contributed by atoms with E-state index >= 15 is 0 Å². The van der Waals surface area contributed by atoms with Gasteiger partial charge in [-0.05, 0) is 54.8 Å². The van der Waals surface area contributed by atoms with Gasteiger partial charge in [0.05, 0.1) is 16.5 Å². The van der Waals surface area contributed by atoms with Crippen molar-refractivity contribution in [1.29, 1.82) is 0 Å². The molecule has 31 heavy (non-hydrogen) atoms. The van der Waals surface area contributed by atoms with Crippen molar-refractivity contribution in [3.05, 3.63) is 101 Å². The van der Waals surface area contributed by atoms with Crippen LogP contribution in [-0.2, 0) is 4.79 Å². The number of ketones is 1. The molecule has 0 amide bonds. The van der Waals surface area contributed by atoms with E-state index in [1.807, 2.05) is 30.3 Å². The zero-order valence-corrected chi connectivity index (χ0v) is 17.7. The standard InChI is InChI=1S/C26H21NO3S/c28-22-11-6-10-21-24(22)25(31-23-12-5-4-9-20(23)27-21)17-13-15-19(16-14-17)30-26(29)18-7-2-1-3-8-18/h1-5,7-9,12-16,25,27H,6,10-11H2/t25-/m0/s1. The zero-order chi connectivity index (χ0) is 21.2. The highest BCUT2D eigenvalue weighted by Gasteiger charge is 2.32. The Hall–Kier alpha value is -3.31. The van der Waals surface area contributed by atoms with Gasteiger partial charge in [0.15, 0.2) is 5.78 Å². The summed E-state index contributed by atoms with van der Waals surface area (Å²) in [5.41, 5.74) is 4.47. The largest absolute Gasteiger partial charge is 0.423 e. The maximum atomic E-state index is 12.9. The van der Waals surface area contributed by atoms with Crippen LogP contribution in [0.25, 0.3) is 0 Å². The average molecular weight is 428 g/mol. The summed E-state index contributed by atoms with van der Waals surface area (Å²) in [6.45, 7) is 0. The Morgan fingerprint density at radius 2 is 1.65 bits per heavy atom. The zero-order valence-electron chi connectivity index (χ0n) is 16.8. The van der Waals surface area contributed by atoms with E-state index in [1.165, 1.54) is 0 Å². The number of anilines is 1. The molecule has 0 saturated carbocycles. The number of hydrogen-bond acceptors (Lipinski definition) is 5. The molecule has 3 aromatic rings. The first-order chi connectivity index (χ1) is 15.2. The van der Waals surface area contributed by atoms with Gasteiger partial charge < -0.3 is 10.1 Å². The third-order valence-corrected chi connectivity index (χ3v) is 6.89. The van der Waals surface area contributed by atoms with Gasteiger partial charge in [-0.1, -0.05) is 42.5 Å². The van der Waals surface area contributed by atoms with Crippen LogP contribution in [0, 0.1) is 0 Å². The van der Waals surface area contributed by atoms with Crippen molar-refractivity contribution >= 4 is 29.2 Å². The van der Waals surface area contributed by atoms with E-state index in [0.29, 0.717) is 17.7 Å². The average Bonchev–Trinajstić information content (AvgIpc) is 2.98. The molecular formula is C26H21NO3S. The van der Waals surface area contributed by atoms with Gasteiger partial charge in [-0.25, -0.2) is 4.79 Å². The Morgan fingerprint density at radius 3 is 2.45 bits per heavy atom. The molecule has 0 saturated heterocycles. The quantitative estimate of drug-likeness (QED) is 0.400. The van der Waals surface area contributed by atoms with E-state index in [4.69, 9.17) is 4.74 Å². The molecule has 5 heteroatoms. The molecule has 2 aliphatic rings. The minimum Gasteiger partial charge on any atom is -0.423 e. The van der Waals surface area contributed by atoms with Crippen LogP contribution in [0.5, 0.6) is 5.75 Å². The van der Waals surface area contributed by atoms with Gasteiger partial charge >= 0.3 is 5.97 Å². The first kappa shape index (κ1) is 19.6. The van der Waals surface area contributed by atoms with Gasteiger partial charge in [0.25, 0.3) is 0 Å². The summed E-state index contributed by atoms with van der Waals surface area (Å²) >= 11 is 1.69. The molecule has 5 rings (SSSR count). The topological polar surface area (TPSA) is 55.4 Å². The van der Waals surface area contributed by atoms with Crippen LogP contribution >= 0.6 is 11.8 Å². The van der Waals surface area contributed by atoms with Crippen molar-refractivity contribution < 1.29 is 14.3 Å². The summed E-state index contributed by atoms with van der Waals surface area (Å²) < 4.78 is 5.51. The van der Waals surface area contributed by atoms with Gasteiger partial charge in [-0.2, -0.15) is 0 Å². The van der Waals surface area contributed by atoms with Crippen LogP contribution in [0.3, 0.4) is 0 Å². The third-order valence-electron chi connectivity index (χ3n) is 5.54. The Morgan fingerprint density at radius 1 is 0.903 bits per heavy atom.